The first-order valence-corrected chi connectivity index (χ1v) is 7.79. The molecule has 0 bridgehead atoms. The van der Waals surface area contributed by atoms with Crippen molar-refractivity contribution >= 4 is 23.1 Å². The Kier molecular flexibility index (Phi) is 4.81. The molecule has 0 N–H and O–H groups in total. The van der Waals surface area contributed by atoms with E-state index in [-0.39, 0.29) is 18.0 Å². The summed E-state index contributed by atoms with van der Waals surface area (Å²) in [5.41, 5.74) is 2.01. The number of carbonyl (C=O) groups is 1. The minimum Gasteiger partial charge on any atom is -0.290 e. The molecule has 0 spiro atoms. The van der Waals surface area contributed by atoms with Crippen LogP contribution in [-0.4, -0.2) is 15.7 Å². The summed E-state index contributed by atoms with van der Waals surface area (Å²) in [6.45, 7) is 0.0979. The van der Waals surface area contributed by atoms with Gasteiger partial charge in [-0.15, -0.1) is 0 Å². The fraction of sp³-hybridized carbons (Fsp3) is 0.0556. The monoisotopic (exact) mass is 354 g/mol. The Balaban J connectivity index is 1.72. The molecule has 0 fully saturated rings. The number of aromatic nitrogens is 2. The molecule has 0 atom stereocenters. The summed E-state index contributed by atoms with van der Waals surface area (Å²) in [4.78, 5) is 26.7. The molecule has 0 unspecified atom stereocenters. The second-order valence-corrected chi connectivity index (χ2v) is 5.79. The van der Waals surface area contributed by atoms with Gasteiger partial charge in [0.15, 0.2) is 12.2 Å². The topological polar surface area (TPSA) is 77.0 Å². The highest BCUT2D eigenvalue weighted by molar-refractivity contribution is 6.30. The Morgan fingerprint density at radius 3 is 2.52 bits per heavy atom. The molecule has 3 rings (SSSR count). The minimum atomic E-state index is -0.499. The van der Waals surface area contributed by atoms with Crippen LogP contribution in [0.1, 0.15) is 10.4 Å². The molecule has 1 heterocycles. The van der Waals surface area contributed by atoms with Crippen molar-refractivity contribution in [3.05, 3.63) is 87.8 Å². The van der Waals surface area contributed by atoms with E-state index in [0.717, 1.165) is 11.3 Å². The Hall–Kier alpha value is -3.12. The average Bonchev–Trinajstić information content (AvgIpc) is 2.62. The first-order chi connectivity index (χ1) is 12.0. The van der Waals surface area contributed by atoms with Gasteiger partial charge in [0.1, 0.15) is 0 Å². The highest BCUT2D eigenvalue weighted by Crippen LogP contribution is 2.19. The van der Waals surface area contributed by atoms with Crippen molar-refractivity contribution in [2.75, 3.05) is 0 Å². The number of Topliss-reactive ketones (excluding diaryl/α,β-unsaturated/α-hetero) is 1. The number of carbonyl (C=O) groups excluding carboxylic acids is 1. The molecule has 0 aliphatic heterocycles. The molecule has 1 aromatic heterocycles. The number of benzene rings is 2. The van der Waals surface area contributed by atoms with E-state index >= 15 is 0 Å². The maximum atomic E-state index is 12.3. The van der Waals surface area contributed by atoms with Gasteiger partial charge < -0.3 is 0 Å². The van der Waals surface area contributed by atoms with Crippen LogP contribution in [0.4, 0.5) is 5.69 Å². The van der Waals surface area contributed by atoms with Crippen molar-refractivity contribution in [3.63, 3.8) is 0 Å². The van der Waals surface area contributed by atoms with Gasteiger partial charge in [-0.1, -0.05) is 23.7 Å². The highest BCUT2D eigenvalue weighted by atomic mass is 35.5. The van der Waals surface area contributed by atoms with Crippen molar-refractivity contribution in [1.29, 1.82) is 0 Å². The van der Waals surface area contributed by atoms with Gasteiger partial charge in [0, 0.05) is 34.3 Å². The van der Waals surface area contributed by atoms with Gasteiger partial charge >= 0.3 is 0 Å². The van der Waals surface area contributed by atoms with Crippen LogP contribution in [0.5, 0.6) is 0 Å². The van der Waals surface area contributed by atoms with Gasteiger partial charge in [-0.2, -0.15) is 0 Å². The Labute approximate surface area is 148 Å². The van der Waals surface area contributed by atoms with Gasteiger partial charge in [-0.3, -0.25) is 14.9 Å². The molecule has 0 amide bonds. The molecule has 6 nitrogen and oxygen atoms in total. The lowest BCUT2D eigenvalue weighted by atomic mass is 10.1. The van der Waals surface area contributed by atoms with Gasteiger partial charge in [0.05, 0.1) is 11.1 Å². The third-order valence-corrected chi connectivity index (χ3v) is 3.85. The van der Waals surface area contributed by atoms with Crippen molar-refractivity contribution < 1.29 is 14.3 Å². The molecule has 7 heteroatoms. The number of nitrogens with zero attached hydrogens (tertiary/aromatic N) is 3. The molecule has 0 saturated heterocycles. The van der Waals surface area contributed by atoms with Crippen molar-refractivity contribution in [2.24, 2.45) is 0 Å². The predicted molar refractivity (Wildman–Crippen MR) is 92.3 cm³/mol. The molecular formula is C18H13ClN3O3+. The maximum absolute atomic E-state index is 12.3. The number of nitro groups is 1. The highest BCUT2D eigenvalue weighted by Gasteiger charge is 2.13. The van der Waals surface area contributed by atoms with Crippen molar-refractivity contribution in [1.82, 2.24) is 4.98 Å². The van der Waals surface area contributed by atoms with Crippen LogP contribution in [0.15, 0.2) is 67.1 Å². The van der Waals surface area contributed by atoms with Crippen LogP contribution in [-0.2, 0) is 6.54 Å². The molecular weight excluding hydrogens is 342 g/mol. The standard InChI is InChI=1S/C18H13ClN3O3/c19-15-3-1-2-14(10-15)17-8-9-21(12-20-17)11-18(23)13-4-6-16(7-5-13)22(24)25/h1-10,12H,11H2/q+1. The summed E-state index contributed by atoms with van der Waals surface area (Å²) in [7, 11) is 0. The lowest BCUT2D eigenvalue weighted by molar-refractivity contribution is -0.686. The van der Waals surface area contributed by atoms with Crippen molar-refractivity contribution in [3.8, 4) is 11.3 Å². The van der Waals surface area contributed by atoms with E-state index in [1.807, 2.05) is 18.2 Å². The third-order valence-electron chi connectivity index (χ3n) is 3.62. The number of ketones is 1. The van der Waals surface area contributed by atoms with Crippen LogP contribution < -0.4 is 4.57 Å². The molecule has 0 aliphatic carbocycles. The van der Waals surface area contributed by atoms with Gasteiger partial charge in [-0.25, -0.2) is 4.57 Å². The second kappa shape index (κ2) is 7.19. The summed E-state index contributed by atoms with van der Waals surface area (Å²) in [6, 6.07) is 14.7. The van der Waals surface area contributed by atoms with E-state index in [0.29, 0.717) is 10.6 Å². The van der Waals surface area contributed by atoms with Gasteiger partial charge in [-0.05, 0) is 29.2 Å². The van der Waals surface area contributed by atoms with Gasteiger partial charge in [0.2, 0.25) is 5.78 Å². The predicted octanol–water partition coefficient (Wildman–Crippen LogP) is 3.48. The van der Waals surface area contributed by atoms with E-state index < -0.39 is 4.92 Å². The molecule has 0 aliphatic rings. The van der Waals surface area contributed by atoms with Crippen LogP contribution >= 0.6 is 11.6 Å². The van der Waals surface area contributed by atoms with E-state index in [9.17, 15) is 14.9 Å². The Bertz CT molecular complexity index is 925. The zero-order valence-corrected chi connectivity index (χ0v) is 13.8. The summed E-state index contributed by atoms with van der Waals surface area (Å²) >= 11 is 5.97. The largest absolute Gasteiger partial charge is 0.290 e. The van der Waals surface area contributed by atoms with E-state index in [1.165, 1.54) is 24.3 Å². The number of hydrogen-bond acceptors (Lipinski definition) is 4. The quantitative estimate of drug-likeness (QED) is 0.304. The summed E-state index contributed by atoms with van der Waals surface area (Å²) < 4.78 is 1.65. The molecule has 25 heavy (non-hydrogen) atoms. The lowest BCUT2D eigenvalue weighted by Gasteiger charge is -2.01. The fourth-order valence-electron chi connectivity index (χ4n) is 2.32. The number of rotatable bonds is 5. The van der Waals surface area contributed by atoms with E-state index in [1.54, 1.807) is 29.2 Å². The molecule has 0 radical (unpaired) electrons. The maximum Gasteiger partial charge on any atom is 0.287 e. The zero-order valence-electron chi connectivity index (χ0n) is 13.0. The molecule has 2 aromatic carbocycles. The minimum absolute atomic E-state index is 0.0447. The van der Waals surface area contributed by atoms with E-state index in [2.05, 4.69) is 4.98 Å². The summed E-state index contributed by atoms with van der Waals surface area (Å²) in [6.07, 6.45) is 3.33. The SMILES string of the molecule is O=C(C[n+]1ccc(-c2cccc(Cl)c2)nc1)c1ccc([N+](=O)[O-])cc1. The average molecular weight is 355 g/mol. The number of hydrogen-bond donors (Lipinski definition) is 0. The first kappa shape index (κ1) is 16.7. The number of halogens is 1. The van der Waals surface area contributed by atoms with E-state index in [4.69, 9.17) is 11.6 Å². The Morgan fingerprint density at radius 1 is 1.16 bits per heavy atom. The lowest BCUT2D eigenvalue weighted by Crippen LogP contribution is -2.37. The summed E-state index contributed by atoms with van der Waals surface area (Å²) in [5, 5.41) is 11.3. The molecule has 3 aromatic rings. The fourth-order valence-corrected chi connectivity index (χ4v) is 2.51. The number of non-ortho nitro benzene ring substituents is 1. The normalized spacial score (nSPS) is 10.4. The van der Waals surface area contributed by atoms with Crippen LogP contribution in [0.3, 0.4) is 0 Å². The second-order valence-electron chi connectivity index (χ2n) is 5.36. The van der Waals surface area contributed by atoms with Crippen LogP contribution in [0.2, 0.25) is 5.02 Å². The smallest absolute Gasteiger partial charge is 0.287 e. The molecule has 124 valence electrons. The van der Waals surface area contributed by atoms with Crippen molar-refractivity contribution in [2.45, 2.75) is 6.54 Å². The molecule has 0 saturated carbocycles. The Morgan fingerprint density at radius 2 is 1.92 bits per heavy atom. The van der Waals surface area contributed by atoms with Crippen LogP contribution in [0.25, 0.3) is 11.3 Å². The van der Waals surface area contributed by atoms with Gasteiger partial charge in [0.25, 0.3) is 12.0 Å². The number of nitro benzene ring substituents is 1. The summed E-state index contributed by atoms with van der Waals surface area (Å²) in [5.74, 6) is -0.155. The first-order valence-electron chi connectivity index (χ1n) is 7.41. The van der Waals surface area contributed by atoms with Crippen LogP contribution in [0, 0.1) is 10.1 Å². The zero-order chi connectivity index (χ0) is 17.8. The third kappa shape index (κ3) is 4.05.